The number of hydrogen-bond acceptors (Lipinski definition) is 8. The van der Waals surface area contributed by atoms with Gasteiger partial charge < -0.3 is 22.1 Å². The second-order valence-corrected chi connectivity index (χ2v) is 15.8. The number of aromatic nitrogens is 4. The maximum atomic E-state index is 5.94. The third-order valence-electron chi connectivity index (χ3n) is 6.62. The number of thiophene rings is 2. The molecule has 228 valence electrons. The summed E-state index contributed by atoms with van der Waals surface area (Å²) in [4.78, 5) is 0. The van der Waals surface area contributed by atoms with Crippen molar-refractivity contribution in [3.63, 3.8) is 0 Å². The van der Waals surface area contributed by atoms with Gasteiger partial charge in [0, 0.05) is 40.7 Å². The number of hydrogen-bond donors (Lipinski definition) is 5. The summed E-state index contributed by atoms with van der Waals surface area (Å²) in [6.45, 7) is 12.7. The zero-order valence-electron chi connectivity index (χ0n) is 25.8. The molecular weight excluding hydrogens is 663 g/mol. The summed E-state index contributed by atoms with van der Waals surface area (Å²) in [5.74, 6) is 1.26. The molecule has 0 radical (unpaired) electrons. The van der Waals surface area contributed by atoms with E-state index in [4.69, 9.17) is 11.5 Å². The van der Waals surface area contributed by atoms with Crippen LogP contribution in [0.25, 0.3) is 5.00 Å². The molecule has 8 nitrogen and oxygen atoms in total. The van der Waals surface area contributed by atoms with Crippen molar-refractivity contribution >= 4 is 56.9 Å². The Morgan fingerprint density at radius 1 is 0.902 bits per heavy atom. The summed E-state index contributed by atoms with van der Waals surface area (Å²) >= 11 is 5.69. The fourth-order valence-corrected chi connectivity index (χ4v) is 5.92. The molecule has 1 saturated carbocycles. The fraction of sp³-hybridized carbons (Fsp3) is 0.533. The number of aromatic amines is 1. The second-order valence-electron chi connectivity index (χ2n) is 12.0. The molecule has 0 bridgehead atoms. The molecule has 4 aromatic rings. The van der Waals surface area contributed by atoms with Gasteiger partial charge in [0.25, 0.3) is 0 Å². The standard InChI is InChI=1S/C11H15N3S.C8H18N2.C7H13N3.C4H3IS/c1-11(2,3)8-7-9(12)14(13-8)10-5-4-6-15-10;1-9-7-5-3-4-6-8(7)10-2;1-7(2,3)5-4-6(8)10-9-5;5-4-2-1-3-6-4/h4-7H,12H2,1-3H3;7-10H,3-6H2,1-2H3;4H,1-3H3,(H3,8,9,10);1-3H/t;7-,8-;;/m.1../s1. The summed E-state index contributed by atoms with van der Waals surface area (Å²) in [5, 5.41) is 23.1. The molecule has 0 amide bonds. The van der Waals surface area contributed by atoms with Crippen LogP contribution >= 0.6 is 45.3 Å². The van der Waals surface area contributed by atoms with Crippen LogP contribution in [-0.2, 0) is 10.8 Å². The number of likely N-dealkylation sites (N-methyl/N-ethyl adjacent to an activating group) is 2. The van der Waals surface area contributed by atoms with Crippen molar-refractivity contribution in [2.45, 2.75) is 90.1 Å². The average molecular weight is 713 g/mol. The average Bonchev–Trinajstić information content (AvgIpc) is 3.73. The molecule has 5 rings (SSSR count). The molecule has 2 atom stereocenters. The molecule has 7 N–H and O–H groups in total. The van der Waals surface area contributed by atoms with Crippen molar-refractivity contribution in [2.75, 3.05) is 25.6 Å². The van der Waals surface area contributed by atoms with Gasteiger partial charge in [0.1, 0.15) is 16.6 Å². The lowest BCUT2D eigenvalue weighted by Gasteiger charge is -2.30. The molecular formula is C30H49IN8S2. The van der Waals surface area contributed by atoms with Gasteiger partial charge in [-0.05, 0) is 78.5 Å². The van der Waals surface area contributed by atoms with Gasteiger partial charge in [0.15, 0.2) is 0 Å². The largest absolute Gasteiger partial charge is 0.384 e. The van der Waals surface area contributed by atoms with Crippen LogP contribution < -0.4 is 22.1 Å². The van der Waals surface area contributed by atoms with Crippen molar-refractivity contribution in [3.05, 3.63) is 61.4 Å². The Morgan fingerprint density at radius 3 is 1.80 bits per heavy atom. The van der Waals surface area contributed by atoms with E-state index in [1.54, 1.807) is 27.4 Å². The van der Waals surface area contributed by atoms with E-state index >= 15 is 0 Å². The Labute approximate surface area is 268 Å². The number of rotatable bonds is 3. The Bertz CT molecular complexity index is 1220. The molecule has 1 aliphatic carbocycles. The van der Waals surface area contributed by atoms with E-state index in [0.717, 1.165) is 16.4 Å². The van der Waals surface area contributed by atoms with Gasteiger partial charge in [0.2, 0.25) is 0 Å². The van der Waals surface area contributed by atoms with Crippen molar-refractivity contribution in [1.29, 1.82) is 0 Å². The molecule has 0 aliphatic heterocycles. The smallest absolute Gasteiger partial charge is 0.145 e. The first-order chi connectivity index (χ1) is 19.3. The van der Waals surface area contributed by atoms with Gasteiger partial charge >= 0.3 is 0 Å². The fourth-order valence-electron chi connectivity index (χ4n) is 4.13. The summed E-state index contributed by atoms with van der Waals surface area (Å²) < 4.78 is 3.15. The van der Waals surface area contributed by atoms with E-state index in [1.165, 1.54) is 28.6 Å². The first-order valence-electron chi connectivity index (χ1n) is 14.0. The quantitative estimate of drug-likeness (QED) is 0.143. The predicted molar refractivity (Wildman–Crippen MR) is 187 cm³/mol. The van der Waals surface area contributed by atoms with Gasteiger partial charge in [-0.3, -0.25) is 5.10 Å². The Morgan fingerprint density at radius 2 is 1.49 bits per heavy atom. The molecule has 11 heteroatoms. The number of anilines is 2. The van der Waals surface area contributed by atoms with Crippen LogP contribution in [0.2, 0.25) is 0 Å². The molecule has 0 aromatic carbocycles. The zero-order valence-corrected chi connectivity index (χ0v) is 29.6. The van der Waals surface area contributed by atoms with Crippen LogP contribution in [0, 0.1) is 2.88 Å². The van der Waals surface area contributed by atoms with E-state index in [2.05, 4.69) is 116 Å². The highest BCUT2D eigenvalue weighted by Crippen LogP contribution is 2.26. The van der Waals surface area contributed by atoms with E-state index in [-0.39, 0.29) is 10.8 Å². The lowest BCUT2D eigenvalue weighted by atomic mass is 9.91. The minimum absolute atomic E-state index is 0.0383. The SMILES string of the molecule is CC(C)(C)c1cc(N)n(-c2cccs2)n1.CC(C)(C)c1cc(N)n[nH]1.CN[C@@H]1CCCC[C@H]1NC.Ic1cccs1. The molecule has 4 aromatic heterocycles. The number of H-pyrrole nitrogens is 1. The minimum atomic E-state index is 0.0383. The van der Waals surface area contributed by atoms with E-state index in [0.29, 0.717) is 23.7 Å². The molecule has 1 aliphatic rings. The first-order valence-corrected chi connectivity index (χ1v) is 16.8. The van der Waals surface area contributed by atoms with Crippen molar-refractivity contribution in [3.8, 4) is 5.00 Å². The van der Waals surface area contributed by atoms with Crippen LogP contribution in [0.3, 0.4) is 0 Å². The van der Waals surface area contributed by atoms with Crippen LogP contribution in [0.1, 0.15) is 78.6 Å². The monoisotopic (exact) mass is 712 g/mol. The summed E-state index contributed by atoms with van der Waals surface area (Å²) in [6, 6.07) is 13.4. The lowest BCUT2D eigenvalue weighted by Crippen LogP contribution is -2.47. The number of nitrogens with one attached hydrogen (secondary N) is 3. The van der Waals surface area contributed by atoms with E-state index in [9.17, 15) is 0 Å². The van der Waals surface area contributed by atoms with E-state index < -0.39 is 0 Å². The molecule has 41 heavy (non-hydrogen) atoms. The molecule has 1 fully saturated rings. The van der Waals surface area contributed by atoms with Crippen molar-refractivity contribution in [1.82, 2.24) is 30.6 Å². The summed E-state index contributed by atoms with van der Waals surface area (Å²) in [7, 11) is 4.11. The van der Waals surface area contributed by atoms with Crippen LogP contribution in [0.5, 0.6) is 0 Å². The molecule has 0 unspecified atom stereocenters. The number of nitrogens with two attached hydrogens (primary N) is 2. The van der Waals surface area contributed by atoms with Gasteiger partial charge in [-0.15, -0.1) is 22.7 Å². The van der Waals surface area contributed by atoms with Crippen LogP contribution in [-0.4, -0.2) is 46.2 Å². The Kier molecular flexibility index (Phi) is 14.3. The third kappa shape index (κ3) is 12.1. The highest BCUT2D eigenvalue weighted by molar-refractivity contribution is 14.1. The first kappa shape index (κ1) is 35.3. The molecule has 0 saturated heterocycles. The second kappa shape index (κ2) is 16.6. The van der Waals surface area contributed by atoms with Crippen molar-refractivity contribution in [2.24, 2.45) is 0 Å². The lowest BCUT2D eigenvalue weighted by molar-refractivity contribution is 0.309. The predicted octanol–water partition coefficient (Wildman–Crippen LogP) is 7.19. The van der Waals surface area contributed by atoms with Crippen molar-refractivity contribution < 1.29 is 0 Å². The summed E-state index contributed by atoms with van der Waals surface area (Å²) in [5.41, 5.74) is 13.6. The van der Waals surface area contributed by atoms with E-state index in [1.807, 2.05) is 35.7 Å². The highest BCUT2D eigenvalue weighted by atomic mass is 127. The van der Waals surface area contributed by atoms with Gasteiger partial charge in [-0.1, -0.05) is 60.5 Å². The Hall–Kier alpha value is -1.93. The van der Waals surface area contributed by atoms with Crippen LogP contribution in [0.15, 0.2) is 47.2 Å². The number of halogens is 1. The van der Waals surface area contributed by atoms with Gasteiger partial charge in [-0.2, -0.15) is 10.2 Å². The minimum Gasteiger partial charge on any atom is -0.384 e. The number of nitrogen functional groups attached to an aromatic ring is 2. The van der Waals surface area contributed by atoms with Gasteiger partial charge in [0.05, 0.1) is 8.58 Å². The Balaban J connectivity index is 0.000000200. The zero-order chi connectivity index (χ0) is 30.6. The third-order valence-corrected chi connectivity index (χ3v) is 9.24. The van der Waals surface area contributed by atoms with Gasteiger partial charge in [-0.25, -0.2) is 4.68 Å². The normalized spacial score (nSPS) is 16.9. The molecule has 4 heterocycles. The maximum Gasteiger partial charge on any atom is 0.145 e. The highest BCUT2D eigenvalue weighted by Gasteiger charge is 2.21. The van der Waals surface area contributed by atoms with Crippen LogP contribution in [0.4, 0.5) is 11.6 Å². The molecule has 0 spiro atoms. The topological polar surface area (TPSA) is 123 Å². The summed E-state index contributed by atoms with van der Waals surface area (Å²) in [6.07, 6.45) is 5.46. The maximum absolute atomic E-state index is 5.94. The number of nitrogens with zero attached hydrogens (tertiary/aromatic N) is 3.